The van der Waals surface area contributed by atoms with Crippen molar-refractivity contribution in [2.45, 2.75) is 51.6 Å². The Morgan fingerprint density at radius 1 is 1.03 bits per heavy atom. The van der Waals surface area contributed by atoms with Crippen LogP contribution in [0.2, 0.25) is 0 Å². The van der Waals surface area contributed by atoms with E-state index in [1.54, 1.807) is 0 Å². The first-order valence-corrected chi connectivity index (χ1v) is 11.9. The lowest BCUT2D eigenvalue weighted by molar-refractivity contribution is 0.238. The molecule has 7 atom stereocenters. The fourth-order valence-corrected chi connectivity index (χ4v) is 6.90. The number of nitrogens with one attached hydrogen (secondary N) is 1. The van der Waals surface area contributed by atoms with E-state index in [2.05, 4.69) is 57.3 Å². The van der Waals surface area contributed by atoms with Crippen LogP contribution < -0.4 is 5.32 Å². The Kier molecular flexibility index (Phi) is 4.56. The number of anilines is 1. The molecular weight excluding hydrogens is 370 g/mol. The van der Waals surface area contributed by atoms with Gasteiger partial charge >= 0.3 is 0 Å². The molecule has 1 N–H and O–H groups in total. The molecule has 5 heteroatoms. The standard InChI is InChI=1S/C25H33N5/c1-15-5-23(16(2)28-15)24-10-27-25(11-26-24)29-22-8-20-13-30(14-21(20)9-22)12-19-7-17-3-4-18(19)6-17/h3-5,10-11,15,17-22H,6-9,12-14H2,1-2H3,(H,27,29)/t15?,17?,18?,19?,20-,21+,22?. The molecule has 0 aromatic carbocycles. The van der Waals surface area contributed by atoms with Crippen molar-refractivity contribution in [2.24, 2.45) is 34.6 Å². The summed E-state index contributed by atoms with van der Waals surface area (Å²) in [5, 5.41) is 3.67. The van der Waals surface area contributed by atoms with Crippen LogP contribution in [0.15, 0.2) is 35.6 Å². The Hall–Kier alpha value is -2.01. The normalized spacial score (nSPS) is 39.5. The van der Waals surface area contributed by atoms with Gasteiger partial charge in [0.05, 0.1) is 24.1 Å². The highest BCUT2D eigenvalue weighted by Crippen LogP contribution is 2.45. The van der Waals surface area contributed by atoms with Crippen molar-refractivity contribution in [3.63, 3.8) is 0 Å². The highest BCUT2D eigenvalue weighted by molar-refractivity contribution is 6.23. The SMILES string of the molecule is CC1=NC(C)C=C1c1cnc(NC2C[C@@H]3CN(CC4CC5C=CC4C5)C[C@@H]3C2)cn1. The Bertz CT molecular complexity index is 887. The molecule has 5 nitrogen and oxygen atoms in total. The lowest BCUT2D eigenvalue weighted by Gasteiger charge is -2.26. The van der Waals surface area contributed by atoms with Crippen molar-refractivity contribution in [1.29, 1.82) is 0 Å². The van der Waals surface area contributed by atoms with E-state index in [9.17, 15) is 0 Å². The van der Waals surface area contributed by atoms with Gasteiger partial charge in [-0.15, -0.1) is 0 Å². The third-order valence-electron chi connectivity index (χ3n) is 8.21. The first-order chi connectivity index (χ1) is 14.6. The number of aliphatic imine (C=N–C) groups is 1. The average Bonchev–Trinajstić information content (AvgIpc) is 3.51. The third-order valence-corrected chi connectivity index (χ3v) is 8.21. The quantitative estimate of drug-likeness (QED) is 0.754. The van der Waals surface area contributed by atoms with E-state index >= 15 is 0 Å². The average molecular weight is 404 g/mol. The second kappa shape index (κ2) is 7.30. The summed E-state index contributed by atoms with van der Waals surface area (Å²) in [6.45, 7) is 8.09. The molecule has 1 aromatic heterocycles. The lowest BCUT2D eigenvalue weighted by Crippen LogP contribution is -2.31. The third kappa shape index (κ3) is 3.41. The van der Waals surface area contributed by atoms with Crippen molar-refractivity contribution in [1.82, 2.24) is 14.9 Å². The van der Waals surface area contributed by atoms with Gasteiger partial charge in [0.25, 0.3) is 0 Å². The van der Waals surface area contributed by atoms with Gasteiger partial charge in [-0.1, -0.05) is 12.2 Å². The highest BCUT2D eigenvalue weighted by atomic mass is 15.2. The van der Waals surface area contributed by atoms with Gasteiger partial charge in [0, 0.05) is 37.0 Å². The molecule has 5 unspecified atom stereocenters. The second-order valence-corrected chi connectivity index (χ2v) is 10.4. The maximum Gasteiger partial charge on any atom is 0.144 e. The monoisotopic (exact) mass is 403 g/mol. The summed E-state index contributed by atoms with van der Waals surface area (Å²) >= 11 is 0. The molecule has 3 aliphatic carbocycles. The van der Waals surface area contributed by atoms with E-state index in [4.69, 9.17) is 0 Å². The van der Waals surface area contributed by atoms with Gasteiger partial charge in [-0.25, -0.2) is 4.98 Å². The second-order valence-electron chi connectivity index (χ2n) is 10.4. The van der Waals surface area contributed by atoms with Gasteiger partial charge in [-0.3, -0.25) is 9.98 Å². The summed E-state index contributed by atoms with van der Waals surface area (Å²) in [5.41, 5.74) is 3.12. The van der Waals surface area contributed by atoms with E-state index in [-0.39, 0.29) is 6.04 Å². The number of hydrogen-bond acceptors (Lipinski definition) is 5. The van der Waals surface area contributed by atoms with Gasteiger partial charge in [0.1, 0.15) is 5.82 Å². The van der Waals surface area contributed by atoms with E-state index < -0.39 is 0 Å². The number of hydrogen-bond donors (Lipinski definition) is 1. The predicted molar refractivity (Wildman–Crippen MR) is 121 cm³/mol. The number of aromatic nitrogens is 2. The van der Waals surface area contributed by atoms with Crippen LogP contribution >= 0.6 is 0 Å². The zero-order valence-corrected chi connectivity index (χ0v) is 18.2. The minimum absolute atomic E-state index is 0.248. The number of allylic oxidation sites excluding steroid dienone is 3. The number of fused-ring (bicyclic) bond motifs is 3. The molecule has 0 spiro atoms. The topological polar surface area (TPSA) is 53.4 Å². The summed E-state index contributed by atoms with van der Waals surface area (Å²) in [6.07, 6.45) is 16.3. The van der Waals surface area contributed by atoms with E-state index in [0.717, 1.165) is 52.4 Å². The van der Waals surface area contributed by atoms with Gasteiger partial charge in [-0.2, -0.15) is 0 Å². The molecular formula is C25H33N5. The molecule has 30 heavy (non-hydrogen) atoms. The Morgan fingerprint density at radius 3 is 2.47 bits per heavy atom. The molecule has 1 saturated heterocycles. The highest BCUT2D eigenvalue weighted by Gasteiger charge is 2.43. The maximum atomic E-state index is 4.66. The van der Waals surface area contributed by atoms with Crippen LogP contribution in [-0.2, 0) is 0 Å². The van der Waals surface area contributed by atoms with Crippen molar-refractivity contribution in [2.75, 3.05) is 25.0 Å². The van der Waals surface area contributed by atoms with Gasteiger partial charge < -0.3 is 10.2 Å². The minimum Gasteiger partial charge on any atom is -0.366 e. The molecule has 2 saturated carbocycles. The van der Waals surface area contributed by atoms with Gasteiger partial charge in [0.2, 0.25) is 0 Å². The van der Waals surface area contributed by atoms with E-state index in [0.29, 0.717) is 6.04 Å². The summed E-state index contributed by atoms with van der Waals surface area (Å²) in [5.74, 6) is 5.32. The van der Waals surface area contributed by atoms with E-state index in [1.807, 2.05) is 12.4 Å². The Labute approximate surface area is 179 Å². The summed E-state index contributed by atoms with van der Waals surface area (Å²) in [6, 6.07) is 0.791. The summed E-state index contributed by atoms with van der Waals surface area (Å²) < 4.78 is 0. The van der Waals surface area contributed by atoms with Crippen LogP contribution in [0.3, 0.4) is 0 Å². The Morgan fingerprint density at radius 2 is 1.87 bits per heavy atom. The van der Waals surface area contributed by atoms with Crippen LogP contribution in [0.5, 0.6) is 0 Å². The molecule has 3 heterocycles. The molecule has 0 amide bonds. The molecule has 3 fully saturated rings. The van der Waals surface area contributed by atoms with Crippen molar-refractivity contribution < 1.29 is 0 Å². The van der Waals surface area contributed by atoms with Crippen LogP contribution in [0.25, 0.3) is 5.57 Å². The van der Waals surface area contributed by atoms with Crippen LogP contribution in [-0.4, -0.2) is 52.3 Å². The lowest BCUT2D eigenvalue weighted by atomic mass is 9.93. The van der Waals surface area contributed by atoms with Crippen molar-refractivity contribution >= 4 is 17.1 Å². The maximum absolute atomic E-state index is 4.66. The minimum atomic E-state index is 0.248. The zero-order valence-electron chi connectivity index (χ0n) is 18.2. The molecule has 6 rings (SSSR count). The molecule has 0 radical (unpaired) electrons. The molecule has 5 aliphatic rings. The predicted octanol–water partition coefficient (Wildman–Crippen LogP) is 4.06. The first-order valence-electron chi connectivity index (χ1n) is 11.9. The van der Waals surface area contributed by atoms with Crippen molar-refractivity contribution in [3.05, 3.63) is 36.3 Å². The molecule has 2 bridgehead atoms. The first kappa shape index (κ1) is 18.7. The van der Waals surface area contributed by atoms with E-state index in [1.165, 1.54) is 45.3 Å². The van der Waals surface area contributed by atoms with Crippen molar-refractivity contribution in [3.8, 4) is 0 Å². The summed E-state index contributed by atoms with van der Waals surface area (Å²) in [7, 11) is 0. The number of nitrogens with zero attached hydrogens (tertiary/aromatic N) is 4. The van der Waals surface area contributed by atoms with Gasteiger partial charge in [-0.05, 0) is 75.2 Å². The number of likely N-dealkylation sites (tertiary alicyclic amines) is 1. The number of rotatable bonds is 5. The fourth-order valence-electron chi connectivity index (χ4n) is 6.90. The van der Waals surface area contributed by atoms with Crippen LogP contribution in [0.4, 0.5) is 5.82 Å². The smallest absolute Gasteiger partial charge is 0.144 e. The van der Waals surface area contributed by atoms with Gasteiger partial charge in [0.15, 0.2) is 0 Å². The largest absolute Gasteiger partial charge is 0.366 e. The van der Waals surface area contributed by atoms with Crippen LogP contribution in [0, 0.1) is 29.6 Å². The molecule has 158 valence electrons. The zero-order chi connectivity index (χ0) is 20.2. The Balaban J connectivity index is 1.02. The molecule has 1 aromatic rings. The molecule has 2 aliphatic heterocycles. The fraction of sp³-hybridized carbons (Fsp3) is 0.640. The summed E-state index contributed by atoms with van der Waals surface area (Å²) in [4.78, 5) is 16.7. The van der Waals surface area contributed by atoms with Crippen LogP contribution in [0.1, 0.15) is 45.2 Å².